The van der Waals surface area contributed by atoms with Gasteiger partial charge in [0.25, 0.3) is 0 Å². The highest BCUT2D eigenvalue weighted by molar-refractivity contribution is 9.10. The monoisotopic (exact) mass is 328 g/mol. The summed E-state index contributed by atoms with van der Waals surface area (Å²) in [6, 6.07) is 3.20. The number of anilines is 2. The van der Waals surface area contributed by atoms with Gasteiger partial charge in [0.1, 0.15) is 5.82 Å². The first-order valence-electron chi connectivity index (χ1n) is 7.01. The van der Waals surface area contributed by atoms with Crippen LogP contribution in [-0.4, -0.2) is 13.1 Å². The van der Waals surface area contributed by atoms with E-state index in [-0.39, 0.29) is 5.82 Å². The van der Waals surface area contributed by atoms with Crippen molar-refractivity contribution >= 4 is 27.3 Å². The van der Waals surface area contributed by atoms with Gasteiger partial charge in [0.2, 0.25) is 0 Å². The lowest BCUT2D eigenvalue weighted by atomic mass is 9.74. The molecule has 2 N–H and O–H groups in total. The number of benzene rings is 1. The molecule has 4 heteroatoms. The summed E-state index contributed by atoms with van der Waals surface area (Å²) in [5.74, 6) is -0.297. The Morgan fingerprint density at radius 2 is 1.84 bits per heavy atom. The molecule has 1 aliphatic rings. The van der Waals surface area contributed by atoms with Gasteiger partial charge < -0.3 is 10.6 Å². The van der Waals surface area contributed by atoms with Gasteiger partial charge in [0.15, 0.2) is 0 Å². The third-order valence-electron chi connectivity index (χ3n) is 4.73. The van der Waals surface area contributed by atoms with Crippen LogP contribution in [-0.2, 0) is 0 Å². The zero-order valence-corrected chi connectivity index (χ0v) is 13.3. The maximum Gasteiger partial charge on any atom is 0.139 e. The van der Waals surface area contributed by atoms with E-state index in [2.05, 4.69) is 34.7 Å². The molecule has 0 radical (unpaired) electrons. The van der Waals surface area contributed by atoms with Gasteiger partial charge in [0.05, 0.1) is 15.8 Å². The van der Waals surface area contributed by atoms with Crippen molar-refractivity contribution in [3.8, 4) is 0 Å². The van der Waals surface area contributed by atoms with E-state index in [4.69, 9.17) is 5.73 Å². The van der Waals surface area contributed by atoms with E-state index in [0.717, 1.165) is 18.8 Å². The van der Waals surface area contributed by atoms with Crippen LogP contribution in [0.4, 0.5) is 15.8 Å². The zero-order chi connectivity index (χ0) is 14.0. The lowest BCUT2D eigenvalue weighted by molar-refractivity contribution is 0.199. The summed E-state index contributed by atoms with van der Waals surface area (Å²) in [6.45, 7) is 6.57. The minimum atomic E-state index is -0.297. The van der Waals surface area contributed by atoms with E-state index in [1.807, 2.05) is 0 Å². The Hall–Kier alpha value is -0.770. The molecular formula is C15H22BrFN2. The van der Waals surface area contributed by atoms with Gasteiger partial charge in [-0.15, -0.1) is 0 Å². The summed E-state index contributed by atoms with van der Waals surface area (Å²) in [4.78, 5) is 2.28. The average molecular weight is 329 g/mol. The fraction of sp³-hybridized carbons (Fsp3) is 0.600. The molecule has 2 nitrogen and oxygen atoms in total. The minimum Gasteiger partial charge on any atom is -0.397 e. The van der Waals surface area contributed by atoms with Crippen molar-refractivity contribution in [1.29, 1.82) is 0 Å². The van der Waals surface area contributed by atoms with Crippen LogP contribution >= 0.6 is 15.9 Å². The van der Waals surface area contributed by atoms with Crippen LogP contribution in [0.5, 0.6) is 0 Å². The predicted octanol–water partition coefficient (Wildman–Crippen LogP) is 4.58. The second kappa shape index (κ2) is 5.70. The Balaban J connectivity index is 2.16. The molecule has 1 heterocycles. The van der Waals surface area contributed by atoms with Gasteiger partial charge in [-0.25, -0.2) is 4.39 Å². The van der Waals surface area contributed by atoms with Gasteiger partial charge in [-0.2, -0.15) is 0 Å². The number of hydrogen-bond acceptors (Lipinski definition) is 2. The largest absolute Gasteiger partial charge is 0.397 e. The number of nitrogen functional groups attached to an aromatic ring is 1. The second-order valence-corrected chi connectivity index (χ2v) is 6.37. The Kier molecular flexibility index (Phi) is 4.39. The Labute approximate surface area is 123 Å². The van der Waals surface area contributed by atoms with E-state index >= 15 is 0 Å². The molecule has 1 aromatic carbocycles. The van der Waals surface area contributed by atoms with Crippen LogP contribution in [0.2, 0.25) is 0 Å². The smallest absolute Gasteiger partial charge is 0.139 e. The molecule has 0 bridgehead atoms. The molecule has 106 valence electrons. The third-order valence-corrected chi connectivity index (χ3v) is 5.34. The molecule has 1 aromatic rings. The highest BCUT2D eigenvalue weighted by Gasteiger charge is 2.31. The number of nitrogens with two attached hydrogens (primary N) is 1. The molecule has 1 saturated heterocycles. The summed E-state index contributed by atoms with van der Waals surface area (Å²) >= 11 is 3.24. The molecule has 0 spiro atoms. The average Bonchev–Trinajstić information content (AvgIpc) is 2.43. The standard InChI is InChI=1S/C15H22BrFN2/c1-3-15(4-2)5-7-19(8-6-15)14-9-11(16)12(17)10-13(14)18/h9-10H,3-8,18H2,1-2H3. The van der Waals surface area contributed by atoms with Gasteiger partial charge in [0, 0.05) is 19.2 Å². The maximum absolute atomic E-state index is 13.4. The Morgan fingerprint density at radius 1 is 1.26 bits per heavy atom. The Morgan fingerprint density at radius 3 is 2.37 bits per heavy atom. The SMILES string of the molecule is CCC1(CC)CCN(c2cc(Br)c(F)cc2N)CC1. The van der Waals surface area contributed by atoms with Gasteiger partial charge in [-0.3, -0.25) is 0 Å². The first-order valence-corrected chi connectivity index (χ1v) is 7.80. The molecule has 0 atom stereocenters. The van der Waals surface area contributed by atoms with Crippen molar-refractivity contribution < 1.29 is 4.39 Å². The molecule has 1 aliphatic heterocycles. The van der Waals surface area contributed by atoms with Gasteiger partial charge in [-0.1, -0.05) is 26.7 Å². The summed E-state index contributed by atoms with van der Waals surface area (Å²) in [5, 5.41) is 0. The molecule has 0 saturated carbocycles. The van der Waals surface area contributed by atoms with Crippen molar-refractivity contribution in [2.75, 3.05) is 23.7 Å². The van der Waals surface area contributed by atoms with Crippen molar-refractivity contribution in [3.63, 3.8) is 0 Å². The van der Waals surface area contributed by atoms with E-state index in [1.54, 1.807) is 6.07 Å². The molecule has 0 amide bonds. The fourth-order valence-corrected chi connectivity index (χ4v) is 3.34. The van der Waals surface area contributed by atoms with Crippen molar-refractivity contribution in [2.45, 2.75) is 39.5 Å². The van der Waals surface area contributed by atoms with E-state index in [1.165, 1.54) is 31.7 Å². The first-order chi connectivity index (χ1) is 9.01. The molecule has 0 aromatic heterocycles. The van der Waals surface area contributed by atoms with Crippen LogP contribution in [0.15, 0.2) is 16.6 Å². The molecular weight excluding hydrogens is 307 g/mol. The minimum absolute atomic E-state index is 0.297. The van der Waals surface area contributed by atoms with E-state index < -0.39 is 0 Å². The summed E-state index contributed by atoms with van der Waals surface area (Å²) < 4.78 is 13.9. The van der Waals surface area contributed by atoms with Crippen LogP contribution in [0.25, 0.3) is 0 Å². The molecule has 0 aliphatic carbocycles. The highest BCUT2D eigenvalue weighted by Crippen LogP contribution is 2.40. The molecule has 0 unspecified atom stereocenters. The Bertz CT molecular complexity index is 448. The van der Waals surface area contributed by atoms with Crippen molar-refractivity contribution in [3.05, 3.63) is 22.4 Å². The van der Waals surface area contributed by atoms with Crippen molar-refractivity contribution in [2.24, 2.45) is 5.41 Å². The summed E-state index contributed by atoms with van der Waals surface area (Å²) in [5.41, 5.74) is 7.92. The quantitative estimate of drug-likeness (QED) is 0.823. The normalized spacial score (nSPS) is 18.6. The molecule has 2 rings (SSSR count). The molecule has 1 fully saturated rings. The lowest BCUT2D eigenvalue weighted by Gasteiger charge is -2.42. The number of halogens is 2. The fourth-order valence-electron chi connectivity index (χ4n) is 3.00. The third kappa shape index (κ3) is 2.88. The van der Waals surface area contributed by atoms with Crippen LogP contribution in [0, 0.1) is 11.2 Å². The number of nitrogens with zero attached hydrogens (tertiary/aromatic N) is 1. The van der Waals surface area contributed by atoms with E-state index in [0.29, 0.717) is 15.6 Å². The number of piperidine rings is 1. The predicted molar refractivity (Wildman–Crippen MR) is 83.0 cm³/mol. The highest BCUT2D eigenvalue weighted by atomic mass is 79.9. The zero-order valence-electron chi connectivity index (χ0n) is 11.7. The van der Waals surface area contributed by atoms with Crippen LogP contribution in [0.1, 0.15) is 39.5 Å². The lowest BCUT2D eigenvalue weighted by Crippen LogP contribution is -2.40. The summed E-state index contributed by atoms with van der Waals surface area (Å²) in [6.07, 6.45) is 4.85. The summed E-state index contributed by atoms with van der Waals surface area (Å²) in [7, 11) is 0. The maximum atomic E-state index is 13.4. The number of hydrogen-bond donors (Lipinski definition) is 1. The van der Waals surface area contributed by atoms with Crippen LogP contribution < -0.4 is 10.6 Å². The second-order valence-electron chi connectivity index (χ2n) is 5.52. The topological polar surface area (TPSA) is 29.3 Å². The first kappa shape index (κ1) is 14.6. The van der Waals surface area contributed by atoms with Gasteiger partial charge in [-0.05, 0) is 40.3 Å². The van der Waals surface area contributed by atoms with E-state index in [9.17, 15) is 4.39 Å². The number of rotatable bonds is 3. The van der Waals surface area contributed by atoms with Crippen LogP contribution in [0.3, 0.4) is 0 Å². The molecule has 19 heavy (non-hydrogen) atoms. The van der Waals surface area contributed by atoms with Crippen molar-refractivity contribution in [1.82, 2.24) is 0 Å². The van der Waals surface area contributed by atoms with Gasteiger partial charge >= 0.3 is 0 Å².